The molecule has 166 valence electrons. The molecule has 2 N–H and O–H groups in total. The van der Waals surface area contributed by atoms with E-state index in [9.17, 15) is 13.5 Å². The average Bonchev–Trinajstić information content (AvgIpc) is 3.34. The first-order chi connectivity index (χ1) is 15.0. The summed E-state index contributed by atoms with van der Waals surface area (Å²) in [6, 6.07) is 16.4. The van der Waals surface area contributed by atoms with Crippen LogP contribution in [0.1, 0.15) is 17.5 Å². The largest absolute Gasteiger partial charge is 0.394 e. The van der Waals surface area contributed by atoms with Gasteiger partial charge in [-0.3, -0.25) is 0 Å². The van der Waals surface area contributed by atoms with Crippen molar-refractivity contribution in [1.82, 2.24) is 4.72 Å². The monoisotopic (exact) mass is 445 g/mol. The van der Waals surface area contributed by atoms with E-state index in [0.717, 1.165) is 5.56 Å². The van der Waals surface area contributed by atoms with Crippen molar-refractivity contribution in [2.24, 2.45) is 0 Å². The van der Waals surface area contributed by atoms with Gasteiger partial charge in [-0.1, -0.05) is 61.2 Å². The molecule has 5 atom stereocenters. The molecule has 2 aromatic rings. The van der Waals surface area contributed by atoms with Crippen LogP contribution in [0.3, 0.4) is 0 Å². The molecular weight excluding hydrogens is 418 g/mol. The lowest BCUT2D eigenvalue weighted by atomic mass is 10.1. The molecule has 0 unspecified atom stereocenters. The Balaban J connectivity index is 1.37. The molecule has 7 nitrogen and oxygen atoms in total. The summed E-state index contributed by atoms with van der Waals surface area (Å²) >= 11 is 0. The molecule has 0 spiro atoms. The number of fused-ring (bicyclic) bond motifs is 1. The van der Waals surface area contributed by atoms with Crippen molar-refractivity contribution in [3.63, 3.8) is 0 Å². The smallest absolute Gasteiger partial charge is 0.241 e. The number of ether oxygens (including phenoxy) is 3. The highest BCUT2D eigenvalue weighted by molar-refractivity contribution is 7.89. The molecule has 0 bridgehead atoms. The topological polar surface area (TPSA) is 94.1 Å². The highest BCUT2D eigenvalue weighted by Crippen LogP contribution is 2.36. The third kappa shape index (κ3) is 4.90. The predicted octanol–water partition coefficient (Wildman–Crippen LogP) is 2.11. The molecule has 0 amide bonds. The molecule has 2 aromatic carbocycles. The van der Waals surface area contributed by atoms with Gasteiger partial charge in [0, 0.05) is 13.0 Å². The summed E-state index contributed by atoms with van der Waals surface area (Å²) in [6.45, 7) is 4.02. The number of rotatable bonds is 9. The van der Waals surface area contributed by atoms with Gasteiger partial charge in [-0.2, -0.15) is 0 Å². The van der Waals surface area contributed by atoms with Crippen molar-refractivity contribution in [1.29, 1.82) is 0 Å². The Bertz CT molecular complexity index is 996. The van der Waals surface area contributed by atoms with Gasteiger partial charge >= 0.3 is 0 Å². The van der Waals surface area contributed by atoms with Crippen molar-refractivity contribution in [3.05, 3.63) is 72.3 Å². The van der Waals surface area contributed by atoms with E-state index in [1.165, 1.54) is 6.08 Å². The number of sulfonamides is 1. The maximum Gasteiger partial charge on any atom is 0.241 e. The third-order valence-corrected chi connectivity index (χ3v) is 7.14. The highest BCUT2D eigenvalue weighted by Gasteiger charge is 2.51. The summed E-state index contributed by atoms with van der Waals surface area (Å²) in [5, 5.41) is 9.68. The lowest BCUT2D eigenvalue weighted by Crippen LogP contribution is -2.39. The van der Waals surface area contributed by atoms with Crippen LogP contribution >= 0.6 is 0 Å². The number of hydrogen-bond donors (Lipinski definition) is 2. The molecule has 8 heteroatoms. The number of benzene rings is 2. The zero-order valence-corrected chi connectivity index (χ0v) is 17.9. The Morgan fingerprint density at radius 2 is 1.87 bits per heavy atom. The number of aliphatic hydroxyl groups is 1. The summed E-state index contributed by atoms with van der Waals surface area (Å²) in [5.74, 6) is 0. The zero-order valence-electron chi connectivity index (χ0n) is 17.1. The Hall–Kier alpha value is -2.07. The van der Waals surface area contributed by atoms with E-state index in [1.807, 2.05) is 30.3 Å². The SMILES string of the molecule is C=Cc1ccccc1S(=O)(=O)NC[C@@H]1C[C@@H]2O[C@H](CO)[C@@H](OCc3ccccc3)[C@@H]2O1. The van der Waals surface area contributed by atoms with E-state index >= 15 is 0 Å². The molecule has 2 aliphatic rings. The molecule has 2 saturated heterocycles. The van der Waals surface area contributed by atoms with Gasteiger partial charge in [0.05, 0.1) is 30.3 Å². The molecule has 4 rings (SSSR count). The lowest BCUT2D eigenvalue weighted by Gasteiger charge is -2.23. The second-order valence-corrected chi connectivity index (χ2v) is 9.44. The van der Waals surface area contributed by atoms with Crippen LogP contribution in [-0.2, 0) is 30.8 Å². The minimum Gasteiger partial charge on any atom is -0.394 e. The normalized spacial score (nSPS) is 27.8. The van der Waals surface area contributed by atoms with Crippen molar-refractivity contribution in [2.75, 3.05) is 13.2 Å². The molecular formula is C23H27NO6S. The fourth-order valence-electron chi connectivity index (χ4n) is 4.12. The summed E-state index contributed by atoms with van der Waals surface area (Å²) in [5.41, 5.74) is 1.56. The predicted molar refractivity (Wildman–Crippen MR) is 116 cm³/mol. The van der Waals surface area contributed by atoms with Crippen LogP contribution in [0.15, 0.2) is 66.1 Å². The van der Waals surface area contributed by atoms with Gasteiger partial charge in [-0.25, -0.2) is 13.1 Å². The minimum atomic E-state index is -3.70. The van der Waals surface area contributed by atoms with Crippen LogP contribution in [0.4, 0.5) is 0 Å². The van der Waals surface area contributed by atoms with Crippen LogP contribution in [-0.4, -0.2) is 57.2 Å². The fraction of sp³-hybridized carbons (Fsp3) is 0.391. The quantitative estimate of drug-likeness (QED) is 0.614. The van der Waals surface area contributed by atoms with Gasteiger partial charge in [-0.15, -0.1) is 0 Å². The second kappa shape index (κ2) is 9.60. The maximum absolute atomic E-state index is 12.7. The van der Waals surface area contributed by atoms with Crippen LogP contribution in [0, 0.1) is 0 Å². The van der Waals surface area contributed by atoms with E-state index in [2.05, 4.69) is 11.3 Å². The molecule has 0 saturated carbocycles. The third-order valence-electron chi connectivity index (χ3n) is 5.65. The van der Waals surface area contributed by atoms with E-state index in [-0.39, 0.29) is 36.4 Å². The maximum atomic E-state index is 12.7. The van der Waals surface area contributed by atoms with E-state index in [0.29, 0.717) is 18.6 Å². The Morgan fingerprint density at radius 3 is 2.61 bits per heavy atom. The Kier molecular flexibility index (Phi) is 6.86. The summed E-state index contributed by atoms with van der Waals surface area (Å²) < 4.78 is 46.2. The number of nitrogens with one attached hydrogen (secondary N) is 1. The van der Waals surface area contributed by atoms with Crippen molar-refractivity contribution in [2.45, 2.75) is 48.4 Å². The Labute approximate surface area is 182 Å². The van der Waals surface area contributed by atoms with Crippen LogP contribution in [0.25, 0.3) is 6.08 Å². The van der Waals surface area contributed by atoms with E-state index in [4.69, 9.17) is 14.2 Å². The first kappa shape index (κ1) is 22.1. The molecule has 31 heavy (non-hydrogen) atoms. The summed E-state index contributed by atoms with van der Waals surface area (Å²) in [6.07, 6.45) is 0.224. The first-order valence-electron chi connectivity index (χ1n) is 10.3. The van der Waals surface area contributed by atoms with Crippen molar-refractivity contribution >= 4 is 16.1 Å². The second-order valence-electron chi connectivity index (χ2n) is 7.71. The fourth-order valence-corrected chi connectivity index (χ4v) is 5.40. The van der Waals surface area contributed by atoms with Crippen LogP contribution in [0.5, 0.6) is 0 Å². The molecule has 0 aliphatic carbocycles. The highest BCUT2D eigenvalue weighted by atomic mass is 32.2. The van der Waals surface area contributed by atoms with Gasteiger partial charge in [0.1, 0.15) is 18.3 Å². The standard InChI is InChI=1S/C23H27NO6S/c1-2-17-10-6-7-11-21(17)31(26,27)24-13-18-12-19-23(29-18)22(20(14-25)30-19)28-15-16-8-4-3-5-9-16/h2-11,18-20,22-25H,1,12-15H2/t18-,19-,20+,22+,23+/m0/s1. The number of aliphatic hydroxyl groups excluding tert-OH is 1. The molecule has 0 radical (unpaired) electrons. The van der Waals surface area contributed by atoms with Gasteiger partial charge in [0.2, 0.25) is 10.0 Å². The molecule has 0 aromatic heterocycles. The summed E-state index contributed by atoms with van der Waals surface area (Å²) in [7, 11) is -3.70. The van der Waals surface area contributed by atoms with Crippen LogP contribution < -0.4 is 4.72 Å². The first-order valence-corrected chi connectivity index (χ1v) is 11.8. The number of hydrogen-bond acceptors (Lipinski definition) is 6. The van der Waals surface area contributed by atoms with Gasteiger partial charge in [0.15, 0.2) is 0 Å². The minimum absolute atomic E-state index is 0.124. The van der Waals surface area contributed by atoms with Crippen molar-refractivity contribution in [3.8, 4) is 0 Å². The van der Waals surface area contributed by atoms with Crippen molar-refractivity contribution < 1.29 is 27.7 Å². The average molecular weight is 446 g/mol. The zero-order chi connectivity index (χ0) is 21.8. The molecule has 2 aliphatic heterocycles. The van der Waals surface area contributed by atoms with E-state index in [1.54, 1.807) is 24.3 Å². The van der Waals surface area contributed by atoms with E-state index < -0.39 is 22.2 Å². The van der Waals surface area contributed by atoms with Gasteiger partial charge in [0.25, 0.3) is 0 Å². The Morgan fingerprint density at radius 1 is 1.13 bits per heavy atom. The molecule has 2 heterocycles. The van der Waals surface area contributed by atoms with Gasteiger partial charge < -0.3 is 19.3 Å². The van der Waals surface area contributed by atoms with Gasteiger partial charge in [-0.05, 0) is 17.2 Å². The van der Waals surface area contributed by atoms with Crippen LogP contribution in [0.2, 0.25) is 0 Å². The lowest BCUT2D eigenvalue weighted by molar-refractivity contribution is -0.0907. The molecule has 2 fully saturated rings. The summed E-state index contributed by atoms with van der Waals surface area (Å²) in [4.78, 5) is 0.184.